The fraction of sp³-hybridized carbons (Fsp3) is 0.375. The highest BCUT2D eigenvalue weighted by atomic mass is 35.5. The van der Waals surface area contributed by atoms with Crippen LogP contribution in [0.2, 0.25) is 5.02 Å². The van der Waals surface area contributed by atoms with Crippen molar-refractivity contribution in [3.8, 4) is 0 Å². The van der Waals surface area contributed by atoms with Gasteiger partial charge in [0.05, 0.1) is 12.3 Å². The van der Waals surface area contributed by atoms with Gasteiger partial charge in [-0.05, 0) is 32.0 Å². The Morgan fingerprint density at radius 3 is 2.91 bits per heavy atom. The third-order valence-electron chi connectivity index (χ3n) is 3.31. The highest BCUT2D eigenvalue weighted by Crippen LogP contribution is 2.25. The highest BCUT2D eigenvalue weighted by Gasteiger charge is 2.13. The van der Waals surface area contributed by atoms with Crippen LogP contribution in [-0.4, -0.2) is 29.4 Å². The molecule has 1 heterocycles. The van der Waals surface area contributed by atoms with Crippen molar-refractivity contribution < 1.29 is 9.53 Å². The molecular formula is C16H21ClN4O2. The van der Waals surface area contributed by atoms with Crippen LogP contribution in [0.15, 0.2) is 24.3 Å². The first-order valence-electron chi connectivity index (χ1n) is 7.34. The van der Waals surface area contributed by atoms with Gasteiger partial charge in [-0.3, -0.25) is 5.10 Å². The van der Waals surface area contributed by atoms with Crippen molar-refractivity contribution in [1.29, 1.82) is 0 Å². The monoisotopic (exact) mass is 336 g/mol. The molecule has 0 spiro atoms. The number of carbonyl (C=O) groups excluding carboxylic acids is 1. The van der Waals surface area contributed by atoms with Crippen LogP contribution in [0.4, 0.5) is 10.5 Å². The smallest absolute Gasteiger partial charge is 0.319 e. The van der Waals surface area contributed by atoms with Gasteiger partial charge in [0.25, 0.3) is 0 Å². The lowest BCUT2D eigenvalue weighted by Crippen LogP contribution is -2.37. The van der Waals surface area contributed by atoms with Gasteiger partial charge in [0.2, 0.25) is 0 Å². The van der Waals surface area contributed by atoms with E-state index < -0.39 is 0 Å². The summed E-state index contributed by atoms with van der Waals surface area (Å²) in [6, 6.07) is 6.96. The minimum Gasteiger partial charge on any atom is -0.380 e. The van der Waals surface area contributed by atoms with E-state index in [1.807, 2.05) is 19.9 Å². The number of hydrogen-bond donors (Lipinski definition) is 3. The zero-order valence-electron chi connectivity index (χ0n) is 13.4. The second-order valence-electron chi connectivity index (χ2n) is 5.44. The number of hydrogen-bond acceptors (Lipinski definition) is 3. The first kappa shape index (κ1) is 17.3. The number of anilines is 1. The first-order chi connectivity index (χ1) is 11.0. The van der Waals surface area contributed by atoms with Crippen molar-refractivity contribution >= 4 is 23.3 Å². The van der Waals surface area contributed by atoms with Gasteiger partial charge in [-0.2, -0.15) is 5.10 Å². The SMILES string of the molecule is COCc1c(Cl)cccc1NC(=O)N[C@H](C)Cc1cc(C)[nH]n1. The second kappa shape index (κ2) is 7.99. The molecule has 0 aliphatic carbocycles. The lowest BCUT2D eigenvalue weighted by molar-refractivity contribution is 0.185. The largest absolute Gasteiger partial charge is 0.380 e. The van der Waals surface area contributed by atoms with Crippen molar-refractivity contribution in [1.82, 2.24) is 15.5 Å². The Bertz CT molecular complexity index is 672. The summed E-state index contributed by atoms with van der Waals surface area (Å²) in [4.78, 5) is 12.2. The zero-order chi connectivity index (χ0) is 16.8. The van der Waals surface area contributed by atoms with E-state index in [-0.39, 0.29) is 12.1 Å². The van der Waals surface area contributed by atoms with E-state index in [9.17, 15) is 4.79 Å². The topological polar surface area (TPSA) is 79.0 Å². The van der Waals surface area contributed by atoms with E-state index in [4.69, 9.17) is 16.3 Å². The third-order valence-corrected chi connectivity index (χ3v) is 3.66. The molecule has 0 fully saturated rings. The van der Waals surface area contributed by atoms with E-state index in [1.165, 1.54) is 0 Å². The molecule has 1 aromatic heterocycles. The number of nitrogens with one attached hydrogen (secondary N) is 3. The summed E-state index contributed by atoms with van der Waals surface area (Å²) in [5, 5.41) is 13.3. The van der Waals surface area contributed by atoms with Crippen LogP contribution < -0.4 is 10.6 Å². The molecule has 124 valence electrons. The van der Waals surface area contributed by atoms with Gasteiger partial charge in [0.1, 0.15) is 0 Å². The Morgan fingerprint density at radius 1 is 1.48 bits per heavy atom. The maximum atomic E-state index is 12.2. The van der Waals surface area contributed by atoms with E-state index in [2.05, 4.69) is 20.8 Å². The van der Waals surface area contributed by atoms with Gasteiger partial charge in [-0.1, -0.05) is 17.7 Å². The fourth-order valence-electron chi connectivity index (χ4n) is 2.29. The van der Waals surface area contributed by atoms with Crippen LogP contribution in [0.3, 0.4) is 0 Å². The quantitative estimate of drug-likeness (QED) is 0.757. The van der Waals surface area contributed by atoms with E-state index >= 15 is 0 Å². The lowest BCUT2D eigenvalue weighted by atomic mass is 10.1. The van der Waals surface area contributed by atoms with Gasteiger partial charge in [0, 0.05) is 41.5 Å². The van der Waals surface area contributed by atoms with Crippen LogP contribution in [0, 0.1) is 6.92 Å². The minimum atomic E-state index is -0.288. The number of benzene rings is 1. The predicted octanol–water partition coefficient (Wildman–Crippen LogP) is 3.27. The van der Waals surface area contributed by atoms with E-state index in [0.717, 1.165) is 17.0 Å². The van der Waals surface area contributed by atoms with Crippen LogP contribution in [0.5, 0.6) is 0 Å². The Labute approximate surface area is 140 Å². The summed E-state index contributed by atoms with van der Waals surface area (Å²) in [7, 11) is 1.58. The van der Waals surface area contributed by atoms with Gasteiger partial charge in [-0.25, -0.2) is 4.79 Å². The minimum absolute atomic E-state index is 0.0530. The molecular weight excluding hydrogens is 316 g/mol. The number of methoxy groups -OCH3 is 1. The summed E-state index contributed by atoms with van der Waals surface area (Å²) in [5.74, 6) is 0. The van der Waals surface area contributed by atoms with Crippen molar-refractivity contribution in [2.24, 2.45) is 0 Å². The number of H-pyrrole nitrogens is 1. The molecule has 7 heteroatoms. The number of carbonyl (C=O) groups is 1. The van der Waals surface area contributed by atoms with Gasteiger partial charge in [-0.15, -0.1) is 0 Å². The predicted molar refractivity (Wildman–Crippen MR) is 90.8 cm³/mol. The molecule has 0 unspecified atom stereocenters. The van der Waals surface area contributed by atoms with E-state index in [0.29, 0.717) is 23.7 Å². The molecule has 0 bridgehead atoms. The maximum absolute atomic E-state index is 12.2. The van der Waals surface area contributed by atoms with Crippen molar-refractivity contribution in [2.75, 3.05) is 12.4 Å². The summed E-state index contributed by atoms with van der Waals surface area (Å²) < 4.78 is 5.13. The second-order valence-corrected chi connectivity index (χ2v) is 5.85. The molecule has 6 nitrogen and oxygen atoms in total. The number of amides is 2. The average molecular weight is 337 g/mol. The molecule has 2 amide bonds. The fourth-order valence-corrected chi connectivity index (χ4v) is 2.52. The molecule has 0 aliphatic heterocycles. The molecule has 2 rings (SSSR count). The molecule has 0 radical (unpaired) electrons. The highest BCUT2D eigenvalue weighted by molar-refractivity contribution is 6.31. The number of aryl methyl sites for hydroxylation is 1. The van der Waals surface area contributed by atoms with Gasteiger partial charge < -0.3 is 15.4 Å². The molecule has 0 aliphatic rings. The first-order valence-corrected chi connectivity index (χ1v) is 7.72. The Balaban J connectivity index is 1.95. The Morgan fingerprint density at radius 2 is 2.26 bits per heavy atom. The van der Waals surface area contributed by atoms with Gasteiger partial charge >= 0.3 is 6.03 Å². The van der Waals surface area contributed by atoms with Crippen LogP contribution in [0.25, 0.3) is 0 Å². The van der Waals surface area contributed by atoms with Crippen molar-refractivity contribution in [3.63, 3.8) is 0 Å². The molecule has 3 N–H and O–H groups in total. The number of halogens is 1. The normalized spacial score (nSPS) is 12.0. The maximum Gasteiger partial charge on any atom is 0.319 e. The molecule has 1 aromatic carbocycles. The number of nitrogens with zero attached hydrogens (tertiary/aromatic N) is 1. The summed E-state index contributed by atoms with van der Waals surface area (Å²) in [5.41, 5.74) is 3.31. The Hall–Kier alpha value is -2.05. The zero-order valence-corrected chi connectivity index (χ0v) is 14.2. The van der Waals surface area contributed by atoms with Crippen molar-refractivity contribution in [3.05, 3.63) is 46.2 Å². The van der Waals surface area contributed by atoms with Crippen molar-refractivity contribution in [2.45, 2.75) is 32.9 Å². The molecule has 23 heavy (non-hydrogen) atoms. The summed E-state index contributed by atoms with van der Waals surface area (Å²) in [6.45, 7) is 4.20. The third kappa shape index (κ3) is 4.97. The van der Waals surface area contributed by atoms with E-state index in [1.54, 1.807) is 25.3 Å². The molecule has 0 saturated heterocycles. The molecule has 1 atom stereocenters. The number of rotatable bonds is 6. The lowest BCUT2D eigenvalue weighted by Gasteiger charge is -2.16. The summed E-state index contributed by atoms with van der Waals surface area (Å²) in [6.07, 6.45) is 0.651. The number of aromatic amines is 1. The van der Waals surface area contributed by atoms with Crippen LogP contribution in [-0.2, 0) is 17.8 Å². The number of ether oxygens (including phenoxy) is 1. The summed E-state index contributed by atoms with van der Waals surface area (Å²) >= 11 is 6.14. The van der Waals surface area contributed by atoms with Crippen LogP contribution in [0.1, 0.15) is 23.9 Å². The molecule has 0 saturated carbocycles. The van der Waals surface area contributed by atoms with Gasteiger partial charge in [0.15, 0.2) is 0 Å². The molecule has 2 aromatic rings. The number of aromatic nitrogens is 2. The number of urea groups is 1. The standard InChI is InChI=1S/C16H21ClN4O2/c1-10(7-12-8-11(2)20-21-12)18-16(22)19-15-6-4-5-14(17)13(15)9-23-3/h4-6,8,10H,7,9H2,1-3H3,(H,20,21)(H2,18,19,22)/t10-/m1/s1. The Kier molecular flexibility index (Phi) is 6.01. The average Bonchev–Trinajstić information content (AvgIpc) is 2.87. The van der Waals surface area contributed by atoms with Crippen LogP contribution >= 0.6 is 11.6 Å².